The van der Waals surface area contributed by atoms with Crippen molar-refractivity contribution >= 4 is 32.8 Å². The SMILES string of the molecule is CC1(C)c2ccccc2-c2cc(-n3nc4ccc(-c5ccc6ccc7ccc(-c8ccccc8)nc7c6n5)cc4n3)ccc21. The first-order valence-corrected chi connectivity index (χ1v) is 14.9. The molecule has 0 N–H and O–H groups in total. The van der Waals surface area contributed by atoms with Crippen molar-refractivity contribution < 1.29 is 0 Å². The Labute approximate surface area is 254 Å². The maximum absolute atomic E-state index is 5.14. The Balaban J connectivity index is 1.12. The lowest BCUT2D eigenvalue weighted by Gasteiger charge is -2.21. The second kappa shape index (κ2) is 9.16. The lowest BCUT2D eigenvalue weighted by atomic mass is 9.82. The predicted octanol–water partition coefficient (Wildman–Crippen LogP) is 9.16. The van der Waals surface area contributed by atoms with E-state index >= 15 is 0 Å². The molecule has 0 saturated carbocycles. The summed E-state index contributed by atoms with van der Waals surface area (Å²) >= 11 is 0. The Morgan fingerprint density at radius 1 is 0.500 bits per heavy atom. The van der Waals surface area contributed by atoms with Gasteiger partial charge in [0.25, 0.3) is 0 Å². The molecule has 0 unspecified atom stereocenters. The number of aromatic nitrogens is 5. The largest absolute Gasteiger partial charge is 0.245 e. The fourth-order valence-corrected chi connectivity index (χ4v) is 6.72. The minimum absolute atomic E-state index is 0.0293. The Morgan fingerprint density at radius 3 is 1.91 bits per heavy atom. The number of fused-ring (bicyclic) bond motifs is 7. The molecule has 0 radical (unpaired) electrons. The van der Waals surface area contributed by atoms with Crippen LogP contribution in [-0.4, -0.2) is 25.0 Å². The second-order valence-electron chi connectivity index (χ2n) is 12.1. The van der Waals surface area contributed by atoms with E-state index < -0.39 is 0 Å². The van der Waals surface area contributed by atoms with Crippen LogP contribution in [0.1, 0.15) is 25.0 Å². The summed E-state index contributed by atoms with van der Waals surface area (Å²) in [5.41, 5.74) is 13.5. The maximum Gasteiger partial charge on any atom is 0.114 e. The van der Waals surface area contributed by atoms with Crippen molar-refractivity contribution in [2.24, 2.45) is 0 Å². The van der Waals surface area contributed by atoms with Gasteiger partial charge in [0.15, 0.2) is 0 Å². The third-order valence-corrected chi connectivity index (χ3v) is 9.06. The number of pyridine rings is 2. The summed E-state index contributed by atoms with van der Waals surface area (Å²) in [6.45, 7) is 4.59. The van der Waals surface area contributed by atoms with Gasteiger partial charge in [0.05, 0.1) is 28.1 Å². The van der Waals surface area contributed by atoms with Gasteiger partial charge in [0.2, 0.25) is 0 Å². The van der Waals surface area contributed by atoms with E-state index in [4.69, 9.17) is 20.2 Å². The molecule has 3 heterocycles. The van der Waals surface area contributed by atoms with Gasteiger partial charge in [-0.05, 0) is 58.7 Å². The number of hydrogen-bond donors (Lipinski definition) is 0. The smallest absolute Gasteiger partial charge is 0.114 e. The first kappa shape index (κ1) is 24.9. The molecule has 8 aromatic rings. The monoisotopic (exact) mass is 565 g/mol. The third kappa shape index (κ3) is 3.72. The molecular weight excluding hydrogens is 538 g/mol. The van der Waals surface area contributed by atoms with Crippen LogP contribution in [0.5, 0.6) is 0 Å². The molecule has 5 nitrogen and oxygen atoms in total. The molecule has 0 amide bonds. The third-order valence-electron chi connectivity index (χ3n) is 9.06. The van der Waals surface area contributed by atoms with Crippen molar-refractivity contribution in [2.75, 3.05) is 0 Å². The van der Waals surface area contributed by atoms with E-state index in [0.29, 0.717) is 0 Å². The van der Waals surface area contributed by atoms with Crippen molar-refractivity contribution in [3.8, 4) is 39.3 Å². The van der Waals surface area contributed by atoms with Gasteiger partial charge in [-0.15, -0.1) is 10.2 Å². The fraction of sp³-hybridized carbons (Fsp3) is 0.0769. The van der Waals surface area contributed by atoms with Crippen LogP contribution in [0.2, 0.25) is 0 Å². The molecule has 0 spiro atoms. The highest BCUT2D eigenvalue weighted by Crippen LogP contribution is 2.48. The first-order chi connectivity index (χ1) is 21.5. The zero-order valence-corrected chi connectivity index (χ0v) is 24.4. The predicted molar refractivity (Wildman–Crippen MR) is 178 cm³/mol. The zero-order chi connectivity index (χ0) is 29.4. The van der Waals surface area contributed by atoms with Gasteiger partial charge in [-0.1, -0.05) is 105 Å². The molecule has 0 atom stereocenters. The van der Waals surface area contributed by atoms with Crippen LogP contribution in [0.3, 0.4) is 0 Å². The van der Waals surface area contributed by atoms with Gasteiger partial charge >= 0.3 is 0 Å². The van der Waals surface area contributed by atoms with E-state index in [0.717, 1.165) is 61.0 Å². The first-order valence-electron chi connectivity index (χ1n) is 14.9. The van der Waals surface area contributed by atoms with E-state index in [9.17, 15) is 0 Å². The van der Waals surface area contributed by atoms with Crippen LogP contribution in [0.25, 0.3) is 72.2 Å². The summed E-state index contributed by atoms with van der Waals surface area (Å²) in [4.78, 5) is 11.9. The van der Waals surface area contributed by atoms with Crippen molar-refractivity contribution in [1.29, 1.82) is 0 Å². The lowest BCUT2D eigenvalue weighted by molar-refractivity contribution is 0.659. The van der Waals surface area contributed by atoms with E-state index in [1.54, 1.807) is 4.80 Å². The Morgan fingerprint density at radius 2 is 1.14 bits per heavy atom. The molecule has 5 heteroatoms. The highest BCUT2D eigenvalue weighted by molar-refractivity contribution is 6.04. The molecule has 44 heavy (non-hydrogen) atoms. The van der Waals surface area contributed by atoms with Crippen molar-refractivity contribution in [2.45, 2.75) is 19.3 Å². The van der Waals surface area contributed by atoms with Gasteiger partial charge < -0.3 is 0 Å². The zero-order valence-electron chi connectivity index (χ0n) is 24.4. The average molecular weight is 566 g/mol. The summed E-state index contributed by atoms with van der Waals surface area (Å²) in [5.74, 6) is 0. The van der Waals surface area contributed by atoms with Crippen LogP contribution in [-0.2, 0) is 5.41 Å². The van der Waals surface area contributed by atoms with Gasteiger partial charge in [-0.25, -0.2) is 9.97 Å². The number of benzene rings is 5. The lowest BCUT2D eigenvalue weighted by Crippen LogP contribution is -2.14. The number of nitrogens with zero attached hydrogens (tertiary/aromatic N) is 5. The summed E-state index contributed by atoms with van der Waals surface area (Å²) in [7, 11) is 0. The molecule has 1 aliphatic rings. The Bertz CT molecular complexity index is 2420. The molecule has 3 aromatic heterocycles. The fourth-order valence-electron chi connectivity index (χ4n) is 6.72. The molecule has 1 aliphatic carbocycles. The van der Waals surface area contributed by atoms with Gasteiger partial charge in [0.1, 0.15) is 11.0 Å². The van der Waals surface area contributed by atoms with Gasteiger partial charge in [-0.2, -0.15) is 4.80 Å². The normalized spacial score (nSPS) is 13.4. The Hall–Kier alpha value is -5.68. The molecule has 0 fully saturated rings. The summed E-state index contributed by atoms with van der Waals surface area (Å²) in [5, 5.41) is 11.9. The summed E-state index contributed by atoms with van der Waals surface area (Å²) in [6, 6.07) is 44.3. The topological polar surface area (TPSA) is 56.5 Å². The standard InChI is InChI=1S/C39H27N5/c1-39(2)31-11-7-6-10-29(31)30-23-28(17-18-32(30)39)44-42-35-21-16-27(22-36(35)43-44)34-20-15-26-13-12-25-14-19-33(24-8-4-3-5-9-24)40-37(25)38(26)41-34/h3-23H,1-2H3. The van der Waals surface area contributed by atoms with Gasteiger partial charge in [-0.3, -0.25) is 0 Å². The van der Waals surface area contributed by atoms with Crippen LogP contribution < -0.4 is 0 Å². The van der Waals surface area contributed by atoms with Crippen LogP contribution in [0, 0.1) is 0 Å². The molecule has 0 aliphatic heterocycles. The summed E-state index contributed by atoms with van der Waals surface area (Å²) in [6.07, 6.45) is 0. The molecule has 5 aromatic carbocycles. The minimum atomic E-state index is -0.0293. The van der Waals surface area contributed by atoms with E-state index in [2.05, 4.69) is 117 Å². The maximum atomic E-state index is 5.14. The molecule has 0 saturated heterocycles. The number of rotatable bonds is 3. The highest BCUT2D eigenvalue weighted by atomic mass is 15.5. The summed E-state index contributed by atoms with van der Waals surface area (Å²) < 4.78 is 0. The van der Waals surface area contributed by atoms with Crippen LogP contribution in [0.15, 0.2) is 127 Å². The van der Waals surface area contributed by atoms with Crippen molar-refractivity contribution in [3.05, 3.63) is 139 Å². The Kier molecular flexibility index (Phi) is 5.18. The number of hydrogen-bond acceptors (Lipinski definition) is 4. The van der Waals surface area contributed by atoms with E-state index in [1.807, 2.05) is 24.3 Å². The molecule has 0 bridgehead atoms. The second-order valence-corrected chi connectivity index (χ2v) is 12.1. The van der Waals surface area contributed by atoms with Gasteiger partial charge in [0, 0.05) is 27.3 Å². The molecule has 208 valence electrons. The van der Waals surface area contributed by atoms with Crippen LogP contribution in [0.4, 0.5) is 0 Å². The quantitative estimate of drug-likeness (QED) is 0.200. The average Bonchev–Trinajstić information content (AvgIpc) is 3.60. The van der Waals surface area contributed by atoms with E-state index in [-0.39, 0.29) is 5.41 Å². The molecular formula is C39H27N5. The van der Waals surface area contributed by atoms with Crippen LogP contribution >= 0.6 is 0 Å². The highest BCUT2D eigenvalue weighted by Gasteiger charge is 2.35. The minimum Gasteiger partial charge on any atom is -0.245 e. The van der Waals surface area contributed by atoms with Crippen molar-refractivity contribution in [1.82, 2.24) is 25.0 Å². The van der Waals surface area contributed by atoms with E-state index in [1.165, 1.54) is 22.3 Å². The molecule has 9 rings (SSSR count). The van der Waals surface area contributed by atoms with Crippen molar-refractivity contribution in [3.63, 3.8) is 0 Å².